The predicted octanol–water partition coefficient (Wildman–Crippen LogP) is 4.94. The van der Waals surface area contributed by atoms with E-state index >= 15 is 0 Å². The van der Waals surface area contributed by atoms with E-state index in [0.29, 0.717) is 18.7 Å². The quantitative estimate of drug-likeness (QED) is 0.520. The molecule has 0 fully saturated rings. The average molecular weight is 458 g/mol. The highest BCUT2D eigenvalue weighted by molar-refractivity contribution is 5.89. The molecule has 2 N–H and O–H groups in total. The standard InChI is InChI=1S/C22H29F3N2O5/c1-5-6-9-31-18-16-10-14(32-13-22(23,24)25)7-8-15(16)19(28)27(12-21(2,3)4)17(18)11-26-20(29)30/h7-8,10,26H,5-6,9,11-13H2,1-4H3,(H,29,30). The predicted molar refractivity (Wildman–Crippen MR) is 114 cm³/mol. The van der Waals surface area contributed by atoms with Crippen molar-refractivity contribution >= 4 is 16.9 Å². The number of fused-ring (bicyclic) bond motifs is 1. The summed E-state index contributed by atoms with van der Waals surface area (Å²) in [6, 6.07) is 4.04. The molecule has 0 spiro atoms. The number of amides is 1. The summed E-state index contributed by atoms with van der Waals surface area (Å²) in [6.45, 7) is 6.68. The molecule has 1 heterocycles. The van der Waals surface area contributed by atoms with Crippen molar-refractivity contribution in [3.05, 3.63) is 34.2 Å². The van der Waals surface area contributed by atoms with Gasteiger partial charge in [0.05, 0.1) is 24.2 Å². The number of rotatable bonds is 9. The zero-order valence-corrected chi connectivity index (χ0v) is 18.6. The van der Waals surface area contributed by atoms with Gasteiger partial charge in [0.25, 0.3) is 5.56 Å². The number of alkyl halides is 3. The van der Waals surface area contributed by atoms with Crippen molar-refractivity contribution in [2.45, 2.75) is 59.8 Å². The summed E-state index contributed by atoms with van der Waals surface area (Å²) in [4.78, 5) is 24.5. The minimum absolute atomic E-state index is 0.0692. The first-order valence-corrected chi connectivity index (χ1v) is 10.3. The van der Waals surface area contributed by atoms with Crippen LogP contribution in [0.5, 0.6) is 11.5 Å². The Kier molecular flexibility index (Phi) is 8.03. The zero-order chi connectivity index (χ0) is 24.1. The van der Waals surface area contributed by atoms with Gasteiger partial charge in [0.2, 0.25) is 0 Å². The number of hydrogen-bond acceptors (Lipinski definition) is 4. The lowest BCUT2D eigenvalue weighted by Gasteiger charge is -2.25. The summed E-state index contributed by atoms with van der Waals surface area (Å²) >= 11 is 0. The number of halogens is 3. The summed E-state index contributed by atoms with van der Waals surface area (Å²) in [5.74, 6) is 0.184. The zero-order valence-electron chi connectivity index (χ0n) is 18.6. The van der Waals surface area contributed by atoms with Crippen LogP contribution in [0.4, 0.5) is 18.0 Å². The number of hydrogen-bond donors (Lipinski definition) is 2. The molecule has 1 aromatic carbocycles. The largest absolute Gasteiger partial charge is 0.491 e. The Morgan fingerprint density at radius 2 is 1.84 bits per heavy atom. The Balaban J connectivity index is 2.72. The maximum absolute atomic E-state index is 13.3. The number of ether oxygens (including phenoxy) is 2. The van der Waals surface area contributed by atoms with Crippen molar-refractivity contribution in [3.8, 4) is 11.5 Å². The number of benzene rings is 1. The number of nitrogens with zero attached hydrogens (tertiary/aromatic N) is 1. The second-order valence-corrected chi connectivity index (χ2v) is 8.70. The fourth-order valence-electron chi connectivity index (χ4n) is 3.15. The van der Waals surface area contributed by atoms with Gasteiger partial charge in [0.15, 0.2) is 6.61 Å². The van der Waals surface area contributed by atoms with Gasteiger partial charge >= 0.3 is 12.3 Å². The van der Waals surface area contributed by atoms with Crippen LogP contribution in [-0.2, 0) is 13.1 Å². The van der Waals surface area contributed by atoms with Crippen LogP contribution in [0.3, 0.4) is 0 Å². The van der Waals surface area contributed by atoms with Crippen molar-refractivity contribution < 1.29 is 32.5 Å². The smallest absolute Gasteiger partial charge is 0.422 e. The minimum atomic E-state index is -4.51. The highest BCUT2D eigenvalue weighted by Gasteiger charge is 2.29. The van der Waals surface area contributed by atoms with Gasteiger partial charge in [-0.2, -0.15) is 13.2 Å². The molecule has 1 amide bonds. The first-order chi connectivity index (χ1) is 14.8. The Bertz CT molecular complexity index is 1010. The molecule has 0 saturated heterocycles. The van der Waals surface area contributed by atoms with Crippen LogP contribution in [0.25, 0.3) is 10.8 Å². The van der Waals surface area contributed by atoms with Gasteiger partial charge in [0.1, 0.15) is 11.5 Å². The van der Waals surface area contributed by atoms with Crippen LogP contribution in [0.15, 0.2) is 23.0 Å². The molecule has 1 aromatic heterocycles. The molecule has 0 radical (unpaired) electrons. The molecule has 10 heteroatoms. The summed E-state index contributed by atoms with van der Waals surface area (Å²) < 4.78 is 50.0. The Hall–Kier alpha value is -2.91. The number of nitrogens with one attached hydrogen (secondary N) is 1. The first kappa shape index (κ1) is 25.4. The Morgan fingerprint density at radius 1 is 1.16 bits per heavy atom. The van der Waals surface area contributed by atoms with E-state index < -0.39 is 18.9 Å². The van der Waals surface area contributed by atoms with E-state index in [2.05, 4.69) is 5.32 Å². The highest BCUT2D eigenvalue weighted by Crippen LogP contribution is 2.33. The molecule has 178 valence electrons. The lowest BCUT2D eigenvalue weighted by Crippen LogP contribution is -2.33. The van der Waals surface area contributed by atoms with Crippen molar-refractivity contribution in [3.63, 3.8) is 0 Å². The van der Waals surface area contributed by atoms with Gasteiger partial charge in [-0.3, -0.25) is 4.79 Å². The van der Waals surface area contributed by atoms with Crippen LogP contribution in [0.2, 0.25) is 0 Å². The molecular formula is C22H29F3N2O5. The van der Waals surface area contributed by atoms with E-state index in [1.165, 1.54) is 22.8 Å². The van der Waals surface area contributed by atoms with Crippen LogP contribution >= 0.6 is 0 Å². The lowest BCUT2D eigenvalue weighted by molar-refractivity contribution is -0.153. The fourth-order valence-corrected chi connectivity index (χ4v) is 3.15. The van der Waals surface area contributed by atoms with Gasteiger partial charge in [-0.25, -0.2) is 4.79 Å². The first-order valence-electron chi connectivity index (χ1n) is 10.3. The molecular weight excluding hydrogens is 429 g/mol. The third-order valence-electron chi connectivity index (χ3n) is 4.49. The van der Waals surface area contributed by atoms with E-state index in [1.807, 2.05) is 27.7 Å². The summed E-state index contributed by atoms with van der Waals surface area (Å²) in [7, 11) is 0. The summed E-state index contributed by atoms with van der Waals surface area (Å²) in [5.41, 5.74) is -0.391. The molecule has 0 aliphatic carbocycles. The maximum Gasteiger partial charge on any atom is 0.422 e. The van der Waals surface area contributed by atoms with Crippen LogP contribution < -0.4 is 20.3 Å². The number of carbonyl (C=O) groups is 1. The van der Waals surface area contributed by atoms with Crippen molar-refractivity contribution in [2.75, 3.05) is 13.2 Å². The summed E-state index contributed by atoms with van der Waals surface area (Å²) in [6.07, 6.45) is -4.25. The summed E-state index contributed by atoms with van der Waals surface area (Å²) in [5, 5.41) is 11.9. The van der Waals surface area contributed by atoms with Gasteiger partial charge in [0, 0.05) is 11.9 Å². The van der Waals surface area contributed by atoms with Crippen molar-refractivity contribution in [2.24, 2.45) is 5.41 Å². The Morgan fingerprint density at radius 3 is 2.41 bits per heavy atom. The SMILES string of the molecule is CCCCOc1c(CNC(=O)O)n(CC(C)(C)C)c(=O)c2ccc(OCC(F)(F)F)cc12. The molecule has 2 aromatic rings. The topological polar surface area (TPSA) is 89.8 Å². The minimum Gasteiger partial charge on any atom is -0.491 e. The fraction of sp³-hybridized carbons (Fsp3) is 0.545. The van der Waals surface area contributed by atoms with Crippen molar-refractivity contribution in [1.29, 1.82) is 0 Å². The third-order valence-corrected chi connectivity index (χ3v) is 4.49. The number of carboxylic acid groups (broad SMARTS) is 1. The van der Waals surface area contributed by atoms with Crippen LogP contribution in [0, 0.1) is 5.41 Å². The van der Waals surface area contributed by atoms with Crippen molar-refractivity contribution in [1.82, 2.24) is 9.88 Å². The highest BCUT2D eigenvalue weighted by atomic mass is 19.4. The lowest BCUT2D eigenvalue weighted by atomic mass is 9.96. The van der Waals surface area contributed by atoms with Crippen LogP contribution in [0.1, 0.15) is 46.2 Å². The molecule has 0 saturated carbocycles. The second kappa shape index (κ2) is 10.1. The van der Waals surface area contributed by atoms with Crippen LogP contribution in [-0.4, -0.2) is 35.2 Å². The second-order valence-electron chi connectivity index (χ2n) is 8.70. The van der Waals surface area contributed by atoms with E-state index in [9.17, 15) is 22.8 Å². The van der Waals surface area contributed by atoms with Gasteiger partial charge in [-0.05, 0) is 30.0 Å². The van der Waals surface area contributed by atoms with E-state index in [0.717, 1.165) is 6.42 Å². The maximum atomic E-state index is 13.3. The average Bonchev–Trinajstić information content (AvgIpc) is 2.67. The molecule has 0 aliphatic heterocycles. The third kappa shape index (κ3) is 7.06. The molecule has 0 aliphatic rings. The van der Waals surface area contributed by atoms with Gasteiger partial charge in [-0.1, -0.05) is 34.1 Å². The van der Waals surface area contributed by atoms with E-state index in [-0.39, 0.29) is 46.3 Å². The number of aromatic nitrogens is 1. The normalized spacial score (nSPS) is 12.1. The Labute approximate surface area is 184 Å². The molecule has 0 unspecified atom stereocenters. The molecule has 7 nitrogen and oxygen atoms in total. The number of pyridine rings is 1. The van der Waals surface area contributed by atoms with E-state index in [1.54, 1.807) is 0 Å². The molecule has 32 heavy (non-hydrogen) atoms. The van der Waals surface area contributed by atoms with E-state index in [4.69, 9.17) is 14.6 Å². The van der Waals surface area contributed by atoms with Gasteiger partial charge in [-0.15, -0.1) is 0 Å². The van der Waals surface area contributed by atoms with Gasteiger partial charge < -0.3 is 24.5 Å². The number of unbranched alkanes of at least 4 members (excludes halogenated alkanes) is 1. The molecule has 0 bridgehead atoms. The molecule has 2 rings (SSSR count). The molecule has 0 atom stereocenters. The monoisotopic (exact) mass is 458 g/mol.